The van der Waals surface area contributed by atoms with Crippen LogP contribution in [0.3, 0.4) is 0 Å². The number of hydrogen-bond acceptors (Lipinski definition) is 7. The average molecular weight is 545 g/mol. The first kappa shape index (κ1) is 24.5. The zero-order valence-corrected chi connectivity index (χ0v) is 20.0. The lowest BCUT2D eigenvalue weighted by Gasteiger charge is -2.31. The van der Waals surface area contributed by atoms with Gasteiger partial charge in [-0.1, -0.05) is 18.2 Å². The minimum atomic E-state index is -0.571. The molecule has 0 unspecified atom stereocenters. The van der Waals surface area contributed by atoms with E-state index in [9.17, 15) is 19.1 Å². The number of piperidine rings is 1. The number of likely N-dealkylation sites (tertiary alicyclic amines) is 1. The number of carbonyl (C=O) groups excluding carboxylic acids is 2. The van der Waals surface area contributed by atoms with Crippen molar-refractivity contribution >= 4 is 45.1 Å². The van der Waals surface area contributed by atoms with Gasteiger partial charge in [0, 0.05) is 30.3 Å². The molecule has 182 valence electrons. The number of nitrogens with zero attached hydrogens (tertiary/aromatic N) is 4. The van der Waals surface area contributed by atoms with Gasteiger partial charge in [-0.05, 0) is 69.4 Å². The Labute approximate surface area is 208 Å². The van der Waals surface area contributed by atoms with Crippen LogP contribution in [-0.4, -0.2) is 57.8 Å². The van der Waals surface area contributed by atoms with Gasteiger partial charge in [0.15, 0.2) is 11.5 Å². The number of amides is 2. The second-order valence-corrected chi connectivity index (χ2v) is 8.64. The Bertz CT molecular complexity index is 1230. The molecule has 35 heavy (non-hydrogen) atoms. The molecule has 12 heteroatoms. The van der Waals surface area contributed by atoms with Crippen LogP contribution in [0.1, 0.15) is 28.9 Å². The standard InChI is InChI=1S/C23H22BrFN6O4/c24-17-12-16(6-7-18(17)25)27-20(26-13-32)19-21(30-35-29-19)28-22(33)14-8-10-31(11-9-14)23(34)15-4-2-1-3-5-15/h1-7,12,14,32H,8-11,13H2,(H,26,27)(H,28,30,33). The Morgan fingerprint density at radius 3 is 2.57 bits per heavy atom. The number of aliphatic hydroxyl groups is 1. The molecule has 1 saturated heterocycles. The smallest absolute Gasteiger partial charge is 0.253 e. The molecule has 1 aliphatic rings. The van der Waals surface area contributed by atoms with Crippen LogP contribution < -0.4 is 10.6 Å². The van der Waals surface area contributed by atoms with Crippen molar-refractivity contribution in [1.82, 2.24) is 15.2 Å². The highest BCUT2D eigenvalue weighted by atomic mass is 79.9. The number of benzene rings is 2. The third-order valence-corrected chi connectivity index (χ3v) is 6.15. The van der Waals surface area contributed by atoms with Crippen LogP contribution in [0, 0.1) is 11.7 Å². The molecule has 1 fully saturated rings. The maximum Gasteiger partial charge on any atom is 0.253 e. The third-order valence-electron chi connectivity index (χ3n) is 5.54. The van der Waals surface area contributed by atoms with Crippen molar-refractivity contribution in [3.8, 4) is 0 Å². The summed E-state index contributed by atoms with van der Waals surface area (Å²) in [4.78, 5) is 31.2. The summed E-state index contributed by atoms with van der Waals surface area (Å²) in [6, 6.07) is 13.2. The van der Waals surface area contributed by atoms with Crippen LogP contribution in [0.15, 0.2) is 62.6 Å². The van der Waals surface area contributed by atoms with E-state index in [0.717, 1.165) is 0 Å². The monoisotopic (exact) mass is 544 g/mol. The van der Waals surface area contributed by atoms with E-state index < -0.39 is 12.5 Å². The van der Waals surface area contributed by atoms with Gasteiger partial charge in [0.25, 0.3) is 5.91 Å². The molecule has 1 aromatic heterocycles. The Hall–Kier alpha value is -3.64. The van der Waals surface area contributed by atoms with Crippen LogP contribution in [-0.2, 0) is 4.79 Å². The lowest BCUT2D eigenvalue weighted by atomic mass is 9.95. The SMILES string of the molecule is O=C(Nc1nonc1C(=NCO)Nc1ccc(F)c(Br)c1)C1CCN(C(=O)c2ccccc2)CC1. The lowest BCUT2D eigenvalue weighted by molar-refractivity contribution is -0.121. The molecular formula is C23H22BrFN6O4. The number of halogens is 2. The first-order valence-corrected chi connectivity index (χ1v) is 11.6. The van der Waals surface area contributed by atoms with Crippen LogP contribution in [0.2, 0.25) is 0 Å². The second kappa shape index (κ2) is 11.2. The number of aliphatic imine (C=N–C) groups is 1. The van der Waals surface area contributed by atoms with Gasteiger partial charge in [-0.2, -0.15) is 0 Å². The number of nitrogens with one attached hydrogen (secondary N) is 2. The van der Waals surface area contributed by atoms with Crippen molar-refractivity contribution in [2.24, 2.45) is 10.9 Å². The Morgan fingerprint density at radius 2 is 1.89 bits per heavy atom. The van der Waals surface area contributed by atoms with Gasteiger partial charge in [-0.3, -0.25) is 9.59 Å². The van der Waals surface area contributed by atoms with Crippen LogP contribution in [0.5, 0.6) is 0 Å². The largest absolute Gasteiger partial charge is 0.374 e. The molecule has 0 bridgehead atoms. The van der Waals surface area contributed by atoms with Crippen molar-refractivity contribution in [2.75, 3.05) is 30.5 Å². The van der Waals surface area contributed by atoms with Crippen molar-refractivity contribution in [3.63, 3.8) is 0 Å². The van der Waals surface area contributed by atoms with E-state index in [1.807, 2.05) is 18.2 Å². The lowest BCUT2D eigenvalue weighted by Crippen LogP contribution is -2.41. The van der Waals surface area contributed by atoms with Crippen LogP contribution in [0.25, 0.3) is 0 Å². The van der Waals surface area contributed by atoms with Crippen molar-refractivity contribution in [3.05, 3.63) is 70.1 Å². The Kier molecular flexibility index (Phi) is 7.83. The highest BCUT2D eigenvalue weighted by molar-refractivity contribution is 9.10. The van der Waals surface area contributed by atoms with Crippen molar-refractivity contribution < 1.29 is 23.7 Å². The fourth-order valence-electron chi connectivity index (χ4n) is 3.71. The van der Waals surface area contributed by atoms with E-state index in [1.54, 1.807) is 17.0 Å². The van der Waals surface area contributed by atoms with Gasteiger partial charge in [0.1, 0.15) is 12.5 Å². The number of hydrogen-bond donors (Lipinski definition) is 3. The summed E-state index contributed by atoms with van der Waals surface area (Å²) in [6.45, 7) is 0.334. The molecule has 0 aliphatic carbocycles. The van der Waals surface area contributed by atoms with Gasteiger partial charge < -0.3 is 20.6 Å². The van der Waals surface area contributed by atoms with Gasteiger partial charge in [-0.15, -0.1) is 0 Å². The predicted octanol–water partition coefficient (Wildman–Crippen LogP) is 3.27. The molecule has 4 rings (SSSR count). The maximum absolute atomic E-state index is 13.5. The van der Waals surface area contributed by atoms with Gasteiger partial charge in [0.2, 0.25) is 11.7 Å². The van der Waals surface area contributed by atoms with E-state index in [4.69, 9.17) is 4.63 Å². The number of aliphatic hydroxyl groups excluding tert-OH is 1. The summed E-state index contributed by atoms with van der Waals surface area (Å²) >= 11 is 3.11. The van der Waals surface area contributed by atoms with Crippen molar-refractivity contribution in [2.45, 2.75) is 12.8 Å². The zero-order valence-electron chi connectivity index (χ0n) is 18.4. The van der Waals surface area contributed by atoms with Crippen LogP contribution in [0.4, 0.5) is 15.9 Å². The normalized spacial score (nSPS) is 14.6. The van der Waals surface area contributed by atoms with Gasteiger partial charge in [0.05, 0.1) is 4.47 Å². The molecule has 10 nitrogen and oxygen atoms in total. The van der Waals surface area contributed by atoms with Crippen molar-refractivity contribution in [1.29, 1.82) is 0 Å². The molecule has 0 saturated carbocycles. The molecule has 3 N–H and O–H groups in total. The predicted molar refractivity (Wildman–Crippen MR) is 129 cm³/mol. The Morgan fingerprint density at radius 1 is 1.14 bits per heavy atom. The third kappa shape index (κ3) is 5.89. The number of carbonyl (C=O) groups is 2. The molecular weight excluding hydrogens is 523 g/mol. The zero-order chi connectivity index (χ0) is 24.8. The quantitative estimate of drug-likeness (QED) is 0.320. The fraction of sp³-hybridized carbons (Fsp3) is 0.261. The number of rotatable bonds is 6. The minimum absolute atomic E-state index is 0.0265. The first-order valence-electron chi connectivity index (χ1n) is 10.8. The summed E-state index contributed by atoms with van der Waals surface area (Å²) in [5, 5.41) is 22.5. The summed E-state index contributed by atoms with van der Waals surface area (Å²) < 4.78 is 18.6. The molecule has 2 heterocycles. The van der Waals surface area contributed by atoms with E-state index >= 15 is 0 Å². The molecule has 0 atom stereocenters. The van der Waals surface area contributed by atoms with E-state index in [0.29, 0.717) is 37.2 Å². The first-order chi connectivity index (χ1) is 17.0. The second-order valence-electron chi connectivity index (χ2n) is 7.79. The maximum atomic E-state index is 13.5. The summed E-state index contributed by atoms with van der Waals surface area (Å²) in [5.41, 5.74) is 1.15. The van der Waals surface area contributed by atoms with Gasteiger partial charge in [-0.25, -0.2) is 14.0 Å². The number of amidine groups is 1. The summed E-state index contributed by atoms with van der Waals surface area (Å²) in [7, 11) is 0. The molecule has 0 radical (unpaired) electrons. The highest BCUT2D eigenvalue weighted by Gasteiger charge is 2.29. The number of anilines is 2. The van der Waals surface area contributed by atoms with E-state index in [2.05, 4.69) is 41.9 Å². The highest BCUT2D eigenvalue weighted by Crippen LogP contribution is 2.23. The molecule has 2 amide bonds. The summed E-state index contributed by atoms with van der Waals surface area (Å²) in [6.07, 6.45) is 0.981. The molecule has 1 aliphatic heterocycles. The molecule has 2 aromatic carbocycles. The van der Waals surface area contributed by atoms with E-state index in [-0.39, 0.29) is 39.6 Å². The fourth-order valence-corrected chi connectivity index (χ4v) is 4.09. The summed E-state index contributed by atoms with van der Waals surface area (Å²) in [5.74, 6) is -1.02. The average Bonchev–Trinajstić information content (AvgIpc) is 3.34. The van der Waals surface area contributed by atoms with Gasteiger partial charge >= 0.3 is 0 Å². The van der Waals surface area contributed by atoms with E-state index in [1.165, 1.54) is 18.2 Å². The topological polar surface area (TPSA) is 133 Å². The molecule has 3 aromatic rings. The Balaban J connectivity index is 1.40. The minimum Gasteiger partial charge on any atom is -0.374 e. The molecule has 0 spiro atoms. The number of aromatic nitrogens is 2. The van der Waals surface area contributed by atoms with Crippen LogP contribution >= 0.6 is 15.9 Å².